The molecule has 0 aliphatic rings. The maximum atomic E-state index is 12.0. The fraction of sp³-hybridized carbons (Fsp3) is 0.0769. The Hall–Kier alpha value is -2.54. The van der Waals surface area contributed by atoms with Crippen LogP contribution >= 0.6 is 11.3 Å². The zero-order valence-corrected chi connectivity index (χ0v) is 11.1. The van der Waals surface area contributed by atoms with E-state index in [1.165, 1.54) is 23.7 Å². The molecule has 2 aromatic heterocycles. The van der Waals surface area contributed by atoms with Crippen LogP contribution < -0.4 is 5.32 Å². The number of carboxylic acids is 1. The molecular formula is C13H11N3O3S. The summed E-state index contributed by atoms with van der Waals surface area (Å²) in [5, 5.41) is 13.1. The van der Waals surface area contributed by atoms with Crippen LogP contribution in [0, 0.1) is 0 Å². The number of amides is 1. The van der Waals surface area contributed by atoms with Gasteiger partial charge in [0.2, 0.25) is 0 Å². The smallest absolute Gasteiger partial charge is 0.328 e. The van der Waals surface area contributed by atoms with Crippen molar-refractivity contribution in [3.63, 3.8) is 0 Å². The van der Waals surface area contributed by atoms with Crippen molar-refractivity contribution in [1.29, 1.82) is 0 Å². The largest absolute Gasteiger partial charge is 0.478 e. The van der Waals surface area contributed by atoms with E-state index in [1.54, 1.807) is 23.7 Å². The highest BCUT2D eigenvalue weighted by atomic mass is 32.1. The molecule has 6 nitrogen and oxygen atoms in total. The third-order valence-electron chi connectivity index (χ3n) is 2.38. The minimum Gasteiger partial charge on any atom is -0.478 e. The number of hydrogen-bond acceptors (Lipinski definition) is 5. The monoisotopic (exact) mass is 289 g/mol. The average Bonchev–Trinajstić information content (AvgIpc) is 2.92. The molecule has 0 aliphatic carbocycles. The second kappa shape index (κ2) is 6.58. The summed E-state index contributed by atoms with van der Waals surface area (Å²) in [4.78, 5) is 30.8. The number of thiophene rings is 1. The van der Waals surface area contributed by atoms with Gasteiger partial charge in [0.1, 0.15) is 6.33 Å². The van der Waals surface area contributed by atoms with E-state index in [4.69, 9.17) is 5.11 Å². The van der Waals surface area contributed by atoms with Crippen LogP contribution in [0.1, 0.15) is 20.9 Å². The van der Waals surface area contributed by atoms with Gasteiger partial charge in [-0.1, -0.05) is 0 Å². The van der Waals surface area contributed by atoms with Gasteiger partial charge in [0, 0.05) is 12.3 Å². The second-order valence-electron chi connectivity index (χ2n) is 3.76. The minimum absolute atomic E-state index is 0.261. The van der Waals surface area contributed by atoms with Gasteiger partial charge >= 0.3 is 5.97 Å². The fourth-order valence-electron chi connectivity index (χ4n) is 1.47. The molecule has 2 aromatic rings. The Kier molecular flexibility index (Phi) is 4.56. The van der Waals surface area contributed by atoms with Crippen LogP contribution in [0.25, 0.3) is 6.08 Å². The molecule has 0 fully saturated rings. The number of nitrogens with one attached hydrogen (secondary N) is 1. The van der Waals surface area contributed by atoms with Crippen LogP contribution in [0.3, 0.4) is 0 Å². The van der Waals surface area contributed by atoms with Gasteiger partial charge < -0.3 is 10.4 Å². The molecule has 0 atom stereocenters. The van der Waals surface area contributed by atoms with Crippen LogP contribution in [0.5, 0.6) is 0 Å². The van der Waals surface area contributed by atoms with Gasteiger partial charge in [-0.05, 0) is 29.2 Å². The van der Waals surface area contributed by atoms with Gasteiger partial charge in [-0.25, -0.2) is 14.8 Å². The highest BCUT2D eigenvalue weighted by Gasteiger charge is 2.11. The van der Waals surface area contributed by atoms with Crippen molar-refractivity contribution in [2.75, 3.05) is 0 Å². The molecule has 20 heavy (non-hydrogen) atoms. The van der Waals surface area contributed by atoms with Crippen LogP contribution in [-0.2, 0) is 11.3 Å². The molecule has 0 radical (unpaired) electrons. The summed E-state index contributed by atoms with van der Waals surface area (Å²) in [7, 11) is 0. The molecule has 0 aromatic carbocycles. The Balaban J connectivity index is 2.03. The van der Waals surface area contributed by atoms with E-state index >= 15 is 0 Å². The number of carbonyl (C=O) groups excluding carboxylic acids is 1. The highest BCUT2D eigenvalue weighted by molar-refractivity contribution is 7.12. The first kappa shape index (κ1) is 13.9. The maximum absolute atomic E-state index is 12.0. The fourth-order valence-corrected chi connectivity index (χ4v) is 2.27. The predicted octanol–water partition coefficient (Wildman–Crippen LogP) is 1.57. The third-order valence-corrected chi connectivity index (χ3v) is 3.31. The number of rotatable bonds is 5. The lowest BCUT2D eigenvalue weighted by atomic mass is 10.2. The first-order valence-corrected chi connectivity index (χ1v) is 6.56. The van der Waals surface area contributed by atoms with E-state index in [0.717, 1.165) is 6.08 Å². The maximum Gasteiger partial charge on any atom is 0.328 e. The van der Waals surface area contributed by atoms with Crippen LogP contribution in [0.2, 0.25) is 0 Å². The number of carboxylic acid groups (broad SMARTS) is 1. The summed E-state index contributed by atoms with van der Waals surface area (Å²) in [5.41, 5.74) is 1.28. The molecule has 0 unspecified atom stereocenters. The van der Waals surface area contributed by atoms with Gasteiger partial charge in [0.15, 0.2) is 0 Å². The molecule has 0 saturated carbocycles. The molecule has 2 heterocycles. The van der Waals surface area contributed by atoms with Crippen molar-refractivity contribution in [1.82, 2.24) is 15.3 Å². The summed E-state index contributed by atoms with van der Waals surface area (Å²) in [6, 6.07) is 3.41. The van der Waals surface area contributed by atoms with Crippen molar-refractivity contribution >= 4 is 29.3 Å². The zero-order chi connectivity index (χ0) is 14.4. The lowest BCUT2D eigenvalue weighted by Gasteiger charge is -2.03. The number of aromatic nitrogens is 2. The molecule has 0 spiro atoms. The molecule has 0 aliphatic heterocycles. The van der Waals surface area contributed by atoms with E-state index in [9.17, 15) is 9.59 Å². The van der Waals surface area contributed by atoms with Crippen LogP contribution in [0.15, 0.2) is 36.1 Å². The van der Waals surface area contributed by atoms with Crippen molar-refractivity contribution in [3.05, 3.63) is 52.2 Å². The van der Waals surface area contributed by atoms with Gasteiger partial charge in [0.25, 0.3) is 5.91 Å². The van der Waals surface area contributed by atoms with Crippen molar-refractivity contribution in [3.8, 4) is 0 Å². The van der Waals surface area contributed by atoms with E-state index in [-0.39, 0.29) is 5.91 Å². The predicted molar refractivity (Wildman–Crippen MR) is 74.2 cm³/mol. The van der Waals surface area contributed by atoms with Crippen molar-refractivity contribution in [2.45, 2.75) is 6.54 Å². The lowest BCUT2D eigenvalue weighted by Crippen LogP contribution is -2.23. The molecule has 1 amide bonds. The number of carbonyl (C=O) groups is 2. The Labute approximate surface area is 118 Å². The Morgan fingerprint density at radius 2 is 2.25 bits per heavy atom. The van der Waals surface area contributed by atoms with E-state index in [1.807, 2.05) is 0 Å². The molecule has 2 N–H and O–H groups in total. The molecule has 0 bridgehead atoms. The first-order valence-electron chi connectivity index (χ1n) is 5.68. The quantitative estimate of drug-likeness (QED) is 0.815. The number of aliphatic carboxylic acids is 1. The minimum atomic E-state index is -1.05. The van der Waals surface area contributed by atoms with Crippen molar-refractivity contribution in [2.24, 2.45) is 0 Å². The Bertz CT molecular complexity index is 637. The summed E-state index contributed by atoms with van der Waals surface area (Å²) in [6.45, 7) is 0.293. The standard InChI is InChI=1S/C13H11N3O3S/c17-11(18)2-1-9-4-6-20-12(9)13(19)15-7-10-3-5-14-8-16-10/h1-6,8H,7H2,(H,15,19)(H,17,18)/b2-1+. The van der Waals surface area contributed by atoms with E-state index in [2.05, 4.69) is 15.3 Å². The van der Waals surface area contributed by atoms with Crippen molar-refractivity contribution < 1.29 is 14.7 Å². The van der Waals surface area contributed by atoms with Gasteiger partial charge in [-0.3, -0.25) is 4.79 Å². The Morgan fingerprint density at radius 1 is 1.40 bits per heavy atom. The van der Waals surface area contributed by atoms with Gasteiger partial charge in [-0.2, -0.15) is 0 Å². The third kappa shape index (κ3) is 3.72. The van der Waals surface area contributed by atoms with E-state index in [0.29, 0.717) is 22.7 Å². The molecule has 102 valence electrons. The first-order chi connectivity index (χ1) is 9.66. The highest BCUT2D eigenvalue weighted by Crippen LogP contribution is 2.18. The van der Waals surface area contributed by atoms with Crippen LogP contribution in [-0.4, -0.2) is 27.0 Å². The van der Waals surface area contributed by atoms with Gasteiger partial charge in [0.05, 0.1) is 17.1 Å². The van der Waals surface area contributed by atoms with E-state index < -0.39 is 5.97 Å². The molecule has 2 rings (SSSR count). The second-order valence-corrected chi connectivity index (χ2v) is 4.68. The zero-order valence-electron chi connectivity index (χ0n) is 10.3. The summed E-state index contributed by atoms with van der Waals surface area (Å²) in [5.74, 6) is -1.31. The number of nitrogens with zero attached hydrogens (tertiary/aromatic N) is 2. The lowest BCUT2D eigenvalue weighted by molar-refractivity contribution is -0.131. The topological polar surface area (TPSA) is 92.2 Å². The molecular weight excluding hydrogens is 278 g/mol. The number of hydrogen-bond donors (Lipinski definition) is 2. The molecule has 7 heteroatoms. The van der Waals surface area contributed by atoms with Gasteiger partial charge in [-0.15, -0.1) is 11.3 Å². The Morgan fingerprint density at radius 3 is 2.95 bits per heavy atom. The summed E-state index contributed by atoms with van der Waals surface area (Å²) < 4.78 is 0. The molecule has 0 saturated heterocycles. The normalized spacial score (nSPS) is 10.6. The SMILES string of the molecule is O=C(O)/C=C/c1ccsc1C(=O)NCc1ccncn1. The average molecular weight is 289 g/mol. The summed E-state index contributed by atoms with van der Waals surface area (Å²) >= 11 is 1.26. The van der Waals surface area contributed by atoms with Crippen LogP contribution in [0.4, 0.5) is 0 Å². The summed E-state index contributed by atoms with van der Waals surface area (Å²) in [6.07, 6.45) is 5.41.